The van der Waals surface area contributed by atoms with Crippen LogP contribution in [0.3, 0.4) is 0 Å². The predicted molar refractivity (Wildman–Crippen MR) is 78.4 cm³/mol. The van der Waals surface area contributed by atoms with Gasteiger partial charge in [0.1, 0.15) is 5.75 Å². The maximum atomic E-state index is 10.0. The fraction of sp³-hybridized carbons (Fsp3) is 0.667. The van der Waals surface area contributed by atoms with Crippen molar-refractivity contribution in [3.05, 3.63) is 23.0 Å². The Morgan fingerprint density at radius 2 is 2.00 bits per heavy atom. The van der Waals surface area contributed by atoms with E-state index in [1.807, 2.05) is 0 Å². The van der Waals surface area contributed by atoms with Gasteiger partial charge < -0.3 is 20.6 Å². The van der Waals surface area contributed by atoms with Crippen molar-refractivity contribution >= 4 is 0 Å². The van der Waals surface area contributed by atoms with E-state index in [0.29, 0.717) is 23.4 Å². The average molecular weight is 282 g/mol. The van der Waals surface area contributed by atoms with Gasteiger partial charge in [0.05, 0.1) is 12.3 Å². The molecule has 0 aromatic carbocycles. The normalized spacial score (nSPS) is 11.8. The Kier molecular flexibility index (Phi) is 6.39. The molecule has 0 amide bonds. The zero-order chi connectivity index (χ0) is 15.2. The molecule has 0 radical (unpaired) electrons. The van der Waals surface area contributed by atoms with Crippen molar-refractivity contribution in [2.24, 2.45) is 5.41 Å². The number of aromatic hydroxyl groups is 1. The summed E-state index contributed by atoms with van der Waals surface area (Å²) in [5, 5.41) is 31.5. The van der Waals surface area contributed by atoms with Gasteiger partial charge in [0.15, 0.2) is 0 Å². The Morgan fingerprint density at radius 1 is 1.30 bits per heavy atom. The third kappa shape index (κ3) is 4.74. The maximum Gasteiger partial charge on any atom is 0.141 e. The summed E-state index contributed by atoms with van der Waals surface area (Å²) >= 11 is 0. The first-order chi connectivity index (χ1) is 9.41. The molecule has 5 heteroatoms. The van der Waals surface area contributed by atoms with E-state index < -0.39 is 0 Å². The van der Waals surface area contributed by atoms with Gasteiger partial charge in [-0.25, -0.2) is 0 Å². The minimum atomic E-state index is -0.133. The number of nitrogens with zero attached hydrogens (tertiary/aromatic N) is 1. The van der Waals surface area contributed by atoms with Crippen molar-refractivity contribution in [1.29, 1.82) is 0 Å². The summed E-state index contributed by atoms with van der Waals surface area (Å²) in [7, 11) is 0. The van der Waals surface area contributed by atoms with Gasteiger partial charge in [-0.2, -0.15) is 0 Å². The van der Waals surface area contributed by atoms with Crippen LogP contribution in [0.5, 0.6) is 5.75 Å². The molecule has 1 aromatic rings. The van der Waals surface area contributed by atoms with Crippen molar-refractivity contribution < 1.29 is 15.3 Å². The molecule has 0 unspecified atom stereocenters. The van der Waals surface area contributed by atoms with Gasteiger partial charge in [0.25, 0.3) is 0 Å². The molecule has 1 rings (SSSR count). The summed E-state index contributed by atoms with van der Waals surface area (Å²) in [6.07, 6.45) is 3.32. The lowest BCUT2D eigenvalue weighted by molar-refractivity contribution is 0.235. The standard InChI is InChI=1S/C15H26N2O3/c1-11-14(20)13(12(9-19)7-17-11)8-16-10-15(2,3)5-4-6-18/h7,16,18-20H,4-6,8-10H2,1-3H3. The van der Waals surface area contributed by atoms with Crippen LogP contribution in [0.25, 0.3) is 0 Å². The SMILES string of the molecule is Cc1ncc(CO)c(CNCC(C)(C)CCCO)c1O. The summed E-state index contributed by atoms with van der Waals surface area (Å²) in [5.74, 6) is 0.150. The Labute approximate surface area is 120 Å². The lowest BCUT2D eigenvalue weighted by atomic mass is 9.88. The van der Waals surface area contributed by atoms with Gasteiger partial charge in [-0.3, -0.25) is 4.98 Å². The lowest BCUT2D eigenvalue weighted by Gasteiger charge is -2.25. The van der Waals surface area contributed by atoms with Crippen LogP contribution >= 0.6 is 0 Å². The predicted octanol–water partition coefficient (Wildman–Crippen LogP) is 1.48. The molecule has 0 aliphatic heterocycles. The van der Waals surface area contributed by atoms with Crippen molar-refractivity contribution in [2.75, 3.05) is 13.2 Å². The van der Waals surface area contributed by atoms with Crippen molar-refractivity contribution in [2.45, 2.75) is 46.8 Å². The molecule has 0 fully saturated rings. The molecular formula is C15H26N2O3. The van der Waals surface area contributed by atoms with Crippen LogP contribution in [-0.2, 0) is 13.2 Å². The van der Waals surface area contributed by atoms with Gasteiger partial charge in [-0.15, -0.1) is 0 Å². The zero-order valence-electron chi connectivity index (χ0n) is 12.6. The number of aliphatic hydroxyl groups excluding tert-OH is 2. The van der Waals surface area contributed by atoms with Gasteiger partial charge >= 0.3 is 0 Å². The van der Waals surface area contributed by atoms with Crippen LogP contribution in [0.15, 0.2) is 6.20 Å². The number of hydrogen-bond donors (Lipinski definition) is 4. The van der Waals surface area contributed by atoms with Crippen LogP contribution in [-0.4, -0.2) is 33.5 Å². The number of hydrogen-bond acceptors (Lipinski definition) is 5. The molecule has 114 valence electrons. The van der Waals surface area contributed by atoms with Crippen molar-refractivity contribution in [3.63, 3.8) is 0 Å². The molecule has 0 spiro atoms. The highest BCUT2D eigenvalue weighted by atomic mass is 16.3. The summed E-state index contributed by atoms with van der Waals surface area (Å²) in [6, 6.07) is 0. The van der Waals surface area contributed by atoms with Gasteiger partial charge in [0.2, 0.25) is 0 Å². The number of aryl methyl sites for hydroxylation is 1. The summed E-state index contributed by atoms with van der Waals surface area (Å²) in [5.41, 5.74) is 2.00. The maximum absolute atomic E-state index is 10.0. The van der Waals surface area contributed by atoms with Crippen LogP contribution in [0.2, 0.25) is 0 Å². The Bertz CT molecular complexity index is 433. The highest BCUT2D eigenvalue weighted by Crippen LogP contribution is 2.25. The molecule has 0 atom stereocenters. The summed E-state index contributed by atoms with van der Waals surface area (Å²) in [4.78, 5) is 4.04. The minimum absolute atomic E-state index is 0.0831. The van der Waals surface area contributed by atoms with E-state index in [2.05, 4.69) is 24.1 Å². The average Bonchev–Trinajstić information content (AvgIpc) is 2.41. The second-order valence-electron chi connectivity index (χ2n) is 5.95. The minimum Gasteiger partial charge on any atom is -0.506 e. The van der Waals surface area contributed by atoms with Crippen LogP contribution in [0.1, 0.15) is 43.5 Å². The van der Waals surface area contributed by atoms with Crippen LogP contribution in [0, 0.1) is 12.3 Å². The van der Waals surface area contributed by atoms with E-state index in [1.165, 1.54) is 0 Å². The highest BCUT2D eigenvalue weighted by molar-refractivity contribution is 5.40. The van der Waals surface area contributed by atoms with E-state index in [0.717, 1.165) is 19.4 Å². The molecule has 0 saturated carbocycles. The first-order valence-electron chi connectivity index (χ1n) is 7.00. The molecule has 0 saturated heterocycles. The second-order valence-corrected chi connectivity index (χ2v) is 5.95. The molecule has 5 nitrogen and oxygen atoms in total. The quantitative estimate of drug-likeness (QED) is 0.580. The zero-order valence-corrected chi connectivity index (χ0v) is 12.6. The smallest absolute Gasteiger partial charge is 0.141 e. The second kappa shape index (κ2) is 7.57. The highest BCUT2D eigenvalue weighted by Gasteiger charge is 2.18. The summed E-state index contributed by atoms with van der Waals surface area (Å²) in [6.45, 7) is 7.37. The number of aromatic nitrogens is 1. The van der Waals surface area contributed by atoms with Gasteiger partial charge in [-0.1, -0.05) is 13.8 Å². The number of pyridine rings is 1. The van der Waals surface area contributed by atoms with Crippen LogP contribution in [0.4, 0.5) is 0 Å². The third-order valence-electron chi connectivity index (χ3n) is 3.52. The first kappa shape index (κ1) is 16.9. The number of nitrogens with one attached hydrogen (secondary N) is 1. The molecule has 0 aliphatic rings. The Morgan fingerprint density at radius 3 is 2.60 bits per heavy atom. The monoisotopic (exact) mass is 282 g/mol. The molecule has 1 heterocycles. The Balaban J connectivity index is 2.64. The number of aliphatic hydroxyl groups is 2. The molecule has 20 heavy (non-hydrogen) atoms. The third-order valence-corrected chi connectivity index (χ3v) is 3.52. The first-order valence-corrected chi connectivity index (χ1v) is 7.00. The molecule has 1 aromatic heterocycles. The summed E-state index contributed by atoms with van der Waals surface area (Å²) < 4.78 is 0. The van der Waals surface area contributed by atoms with Crippen molar-refractivity contribution in [1.82, 2.24) is 10.3 Å². The van der Waals surface area contributed by atoms with Crippen molar-refractivity contribution in [3.8, 4) is 5.75 Å². The molecule has 0 aliphatic carbocycles. The Hall–Kier alpha value is -1.17. The molecule has 0 bridgehead atoms. The fourth-order valence-electron chi connectivity index (χ4n) is 2.19. The van der Waals surface area contributed by atoms with Gasteiger partial charge in [0, 0.05) is 37.0 Å². The molecule has 4 N–H and O–H groups in total. The largest absolute Gasteiger partial charge is 0.506 e. The number of rotatable bonds is 8. The topological polar surface area (TPSA) is 85.6 Å². The van der Waals surface area contributed by atoms with Crippen LogP contribution < -0.4 is 5.32 Å². The molecular weight excluding hydrogens is 256 g/mol. The van der Waals surface area contributed by atoms with E-state index in [-0.39, 0.29) is 24.4 Å². The van der Waals surface area contributed by atoms with E-state index >= 15 is 0 Å². The fourth-order valence-corrected chi connectivity index (χ4v) is 2.19. The van der Waals surface area contributed by atoms with E-state index in [4.69, 9.17) is 5.11 Å². The lowest BCUT2D eigenvalue weighted by Crippen LogP contribution is -2.29. The van der Waals surface area contributed by atoms with E-state index in [1.54, 1.807) is 13.1 Å². The van der Waals surface area contributed by atoms with E-state index in [9.17, 15) is 10.2 Å². The van der Waals surface area contributed by atoms with Gasteiger partial charge in [-0.05, 0) is 25.2 Å².